The summed E-state index contributed by atoms with van der Waals surface area (Å²) in [5.74, 6) is -0.398. The van der Waals surface area contributed by atoms with E-state index in [1.165, 1.54) is 3.97 Å². The molecule has 0 aliphatic heterocycles. The number of likely N-dealkylation sites (N-methyl/N-ethyl adjacent to an activating group) is 1. The molecule has 6 heteroatoms. The molecule has 1 amide bonds. The Hall–Kier alpha value is -3.38. The van der Waals surface area contributed by atoms with Crippen LogP contribution in [0.4, 0.5) is 5.69 Å². The molecule has 0 bridgehead atoms. The van der Waals surface area contributed by atoms with E-state index in [1.807, 2.05) is 49.4 Å². The molecule has 152 valence electrons. The van der Waals surface area contributed by atoms with E-state index in [9.17, 15) is 13.2 Å². The molecule has 5 nitrogen and oxygen atoms in total. The van der Waals surface area contributed by atoms with Crippen molar-refractivity contribution >= 4 is 32.5 Å². The lowest BCUT2D eigenvalue weighted by molar-refractivity contribution is -0.119. The molecule has 1 aromatic heterocycles. The lowest BCUT2D eigenvalue weighted by Crippen LogP contribution is -2.30. The van der Waals surface area contributed by atoms with Crippen molar-refractivity contribution in [1.29, 1.82) is 0 Å². The molecule has 3 aromatic carbocycles. The van der Waals surface area contributed by atoms with Gasteiger partial charge < -0.3 is 4.90 Å². The first kappa shape index (κ1) is 19.9. The summed E-state index contributed by atoms with van der Waals surface area (Å²) in [4.78, 5) is 14.8. The van der Waals surface area contributed by atoms with E-state index in [4.69, 9.17) is 0 Å². The quantitative estimate of drug-likeness (QED) is 0.474. The average molecular weight is 419 g/mol. The molecule has 0 aliphatic carbocycles. The Morgan fingerprint density at radius 1 is 0.900 bits per heavy atom. The smallest absolute Gasteiger partial charge is 0.268 e. The summed E-state index contributed by atoms with van der Waals surface area (Å²) in [5, 5.41) is 0.772. The summed E-state index contributed by atoms with van der Waals surface area (Å²) in [6, 6.07) is 25.1. The number of nitrogens with zero attached hydrogens (tertiary/aromatic N) is 2. The van der Waals surface area contributed by atoms with Crippen molar-refractivity contribution in [3.8, 4) is 0 Å². The van der Waals surface area contributed by atoms with Crippen molar-refractivity contribution in [2.75, 3.05) is 11.9 Å². The molecule has 4 aromatic rings. The minimum atomic E-state index is -3.68. The molecule has 0 saturated heterocycles. The molecule has 0 aliphatic rings. The zero-order valence-corrected chi connectivity index (χ0v) is 17.6. The number of rotatable bonds is 5. The van der Waals surface area contributed by atoms with Crippen LogP contribution >= 0.6 is 0 Å². The van der Waals surface area contributed by atoms with Crippen LogP contribution in [0.25, 0.3) is 10.9 Å². The fourth-order valence-electron chi connectivity index (χ4n) is 3.53. The van der Waals surface area contributed by atoms with E-state index >= 15 is 0 Å². The number of carbonyl (C=O) groups excluding carboxylic acids is 1. The van der Waals surface area contributed by atoms with Crippen LogP contribution < -0.4 is 4.90 Å². The summed E-state index contributed by atoms with van der Waals surface area (Å²) >= 11 is 0. The van der Waals surface area contributed by atoms with Gasteiger partial charge in [-0.1, -0.05) is 42.5 Å². The fraction of sp³-hybridized carbons (Fsp3) is 0.125. The second-order valence-corrected chi connectivity index (χ2v) is 9.02. The van der Waals surface area contributed by atoms with Gasteiger partial charge in [-0.15, -0.1) is 0 Å². The Morgan fingerprint density at radius 2 is 1.53 bits per heavy atom. The number of hydrogen-bond acceptors (Lipinski definition) is 3. The van der Waals surface area contributed by atoms with Gasteiger partial charge in [0, 0.05) is 24.3 Å². The van der Waals surface area contributed by atoms with Crippen LogP contribution in [0.15, 0.2) is 96.0 Å². The maximum Gasteiger partial charge on any atom is 0.268 e. The predicted octanol–water partition coefficient (Wildman–Crippen LogP) is 4.64. The molecule has 0 N–H and O–H groups in total. The third-order valence-corrected chi connectivity index (χ3v) is 7.03. The van der Waals surface area contributed by atoms with Crippen molar-refractivity contribution in [3.63, 3.8) is 0 Å². The number of anilines is 1. The molecule has 1 heterocycles. The van der Waals surface area contributed by atoms with E-state index in [1.54, 1.807) is 60.6 Å². The molecule has 0 unspecified atom stereocenters. The standard InChI is InChI=1S/C24H22N2O3S/c1-18(24(27)25(2)21-9-5-3-6-10-21)19-13-14-23-20(17-19)15-16-26(23)30(28,29)22-11-7-4-8-12-22/h3-18H,1-2H3/t18-/m0/s1. The molecule has 30 heavy (non-hydrogen) atoms. The second-order valence-electron chi connectivity index (χ2n) is 7.20. The van der Waals surface area contributed by atoms with Gasteiger partial charge in [0.1, 0.15) is 0 Å². The van der Waals surface area contributed by atoms with Crippen LogP contribution in [-0.2, 0) is 14.8 Å². The Bertz CT molecular complexity index is 1300. The third-order valence-electron chi connectivity index (χ3n) is 5.32. The first-order valence-electron chi connectivity index (χ1n) is 9.64. The summed E-state index contributed by atoms with van der Waals surface area (Å²) in [6.45, 7) is 1.86. The van der Waals surface area contributed by atoms with Crippen molar-refractivity contribution in [2.45, 2.75) is 17.7 Å². The summed E-state index contributed by atoms with van der Waals surface area (Å²) in [6.07, 6.45) is 1.55. The first-order chi connectivity index (χ1) is 14.4. The third kappa shape index (κ3) is 3.50. The van der Waals surface area contributed by atoms with Gasteiger partial charge in [-0.2, -0.15) is 0 Å². The SMILES string of the molecule is C[C@H](C(=O)N(C)c1ccccc1)c1ccc2c(ccn2S(=O)(=O)c2ccccc2)c1. The van der Waals surface area contributed by atoms with Gasteiger partial charge in [0.2, 0.25) is 5.91 Å². The highest BCUT2D eigenvalue weighted by atomic mass is 32.2. The monoisotopic (exact) mass is 418 g/mol. The van der Waals surface area contributed by atoms with Crippen molar-refractivity contribution < 1.29 is 13.2 Å². The molecule has 1 atom stereocenters. The molecular formula is C24H22N2O3S. The maximum atomic E-state index is 13.0. The number of hydrogen-bond donors (Lipinski definition) is 0. The minimum Gasteiger partial charge on any atom is -0.315 e. The zero-order valence-electron chi connectivity index (χ0n) is 16.8. The topological polar surface area (TPSA) is 59.4 Å². The lowest BCUT2D eigenvalue weighted by atomic mass is 9.98. The highest BCUT2D eigenvalue weighted by molar-refractivity contribution is 7.90. The summed E-state index contributed by atoms with van der Waals surface area (Å²) < 4.78 is 27.3. The number of aromatic nitrogens is 1. The predicted molar refractivity (Wildman–Crippen MR) is 119 cm³/mol. The minimum absolute atomic E-state index is 0.0307. The molecule has 0 radical (unpaired) electrons. The number of benzene rings is 3. The molecule has 0 spiro atoms. The Labute approximate surface area is 176 Å². The Balaban J connectivity index is 1.66. The number of para-hydroxylation sites is 1. The van der Waals surface area contributed by atoms with Gasteiger partial charge in [0.05, 0.1) is 16.3 Å². The number of amides is 1. The van der Waals surface area contributed by atoms with Gasteiger partial charge in [0.15, 0.2) is 0 Å². The molecule has 0 fully saturated rings. The van der Waals surface area contributed by atoms with Crippen LogP contribution in [0, 0.1) is 0 Å². The summed E-state index contributed by atoms with van der Waals surface area (Å²) in [5.41, 5.74) is 2.25. The highest BCUT2D eigenvalue weighted by Crippen LogP contribution is 2.27. The normalized spacial score (nSPS) is 12.6. The van der Waals surface area contributed by atoms with E-state index in [0.717, 1.165) is 16.6 Å². The van der Waals surface area contributed by atoms with E-state index in [0.29, 0.717) is 5.52 Å². The van der Waals surface area contributed by atoms with Crippen molar-refractivity contribution in [3.05, 3.63) is 96.7 Å². The van der Waals surface area contributed by atoms with Crippen molar-refractivity contribution in [1.82, 2.24) is 3.97 Å². The van der Waals surface area contributed by atoms with Gasteiger partial charge in [-0.05, 0) is 55.0 Å². The lowest BCUT2D eigenvalue weighted by Gasteiger charge is -2.22. The van der Waals surface area contributed by atoms with Gasteiger partial charge >= 0.3 is 0 Å². The van der Waals surface area contributed by atoms with Crippen LogP contribution in [0.2, 0.25) is 0 Å². The van der Waals surface area contributed by atoms with Crippen LogP contribution in [0.5, 0.6) is 0 Å². The van der Waals surface area contributed by atoms with E-state index in [-0.39, 0.29) is 16.7 Å². The van der Waals surface area contributed by atoms with Crippen molar-refractivity contribution in [2.24, 2.45) is 0 Å². The summed E-state index contributed by atoms with van der Waals surface area (Å²) in [7, 11) is -1.92. The zero-order chi connectivity index (χ0) is 21.3. The highest BCUT2D eigenvalue weighted by Gasteiger charge is 2.22. The van der Waals surface area contributed by atoms with Gasteiger partial charge in [-0.25, -0.2) is 12.4 Å². The Kier molecular flexibility index (Phi) is 5.18. The van der Waals surface area contributed by atoms with E-state index in [2.05, 4.69) is 0 Å². The first-order valence-corrected chi connectivity index (χ1v) is 11.1. The van der Waals surface area contributed by atoms with Gasteiger partial charge in [-0.3, -0.25) is 4.79 Å². The average Bonchev–Trinajstić information content (AvgIpc) is 3.23. The maximum absolute atomic E-state index is 13.0. The molecule has 4 rings (SSSR count). The fourth-order valence-corrected chi connectivity index (χ4v) is 4.91. The Morgan fingerprint density at radius 3 is 2.20 bits per heavy atom. The van der Waals surface area contributed by atoms with Crippen LogP contribution in [0.3, 0.4) is 0 Å². The van der Waals surface area contributed by atoms with Gasteiger partial charge in [0.25, 0.3) is 10.0 Å². The second kappa shape index (κ2) is 7.80. The van der Waals surface area contributed by atoms with Crippen LogP contribution in [-0.4, -0.2) is 25.3 Å². The number of fused-ring (bicyclic) bond motifs is 1. The van der Waals surface area contributed by atoms with Crippen LogP contribution in [0.1, 0.15) is 18.4 Å². The molecular weight excluding hydrogens is 396 g/mol. The largest absolute Gasteiger partial charge is 0.315 e. The van der Waals surface area contributed by atoms with E-state index < -0.39 is 10.0 Å². The number of carbonyl (C=O) groups is 1. The molecule has 0 saturated carbocycles.